The third-order valence-corrected chi connectivity index (χ3v) is 5.04. The summed E-state index contributed by atoms with van der Waals surface area (Å²) in [7, 11) is 1.68. The molecule has 126 valence electrons. The predicted octanol–water partition coefficient (Wildman–Crippen LogP) is 5.39. The van der Waals surface area contributed by atoms with Crippen LogP contribution in [0.5, 0.6) is 5.75 Å². The second-order valence-electron chi connectivity index (χ2n) is 6.42. The molecule has 0 fully saturated rings. The Labute approximate surface area is 146 Å². The van der Waals surface area contributed by atoms with Crippen molar-refractivity contribution in [1.82, 2.24) is 4.57 Å². The van der Waals surface area contributed by atoms with Crippen molar-refractivity contribution >= 4 is 10.9 Å². The normalized spacial score (nSPS) is 16.3. The Balaban J connectivity index is 1.84. The first-order valence-corrected chi connectivity index (χ1v) is 8.59. The number of azide groups is 1. The maximum atomic E-state index is 8.95. The van der Waals surface area contributed by atoms with E-state index in [1.165, 1.54) is 27.7 Å². The van der Waals surface area contributed by atoms with Crippen LogP contribution in [0.3, 0.4) is 0 Å². The Morgan fingerprint density at radius 3 is 2.76 bits per heavy atom. The molecule has 0 N–H and O–H groups in total. The molecule has 1 aliphatic rings. The van der Waals surface area contributed by atoms with E-state index in [9.17, 15) is 0 Å². The molecule has 1 atom stereocenters. The Kier molecular flexibility index (Phi) is 4.08. The molecule has 4 rings (SSSR count). The van der Waals surface area contributed by atoms with Crippen molar-refractivity contribution < 1.29 is 4.74 Å². The summed E-state index contributed by atoms with van der Waals surface area (Å²) in [6, 6.07) is 16.6. The van der Waals surface area contributed by atoms with E-state index >= 15 is 0 Å². The van der Waals surface area contributed by atoms with Crippen LogP contribution in [-0.4, -0.2) is 11.7 Å². The summed E-state index contributed by atoms with van der Waals surface area (Å²) in [5, 5.41) is 5.28. The SMILES string of the molecule is COc1ccc(Cn2c3c(c4ccccc42)[C@H](N=[N+]=[N-])CCC3)cc1. The third kappa shape index (κ3) is 2.73. The summed E-state index contributed by atoms with van der Waals surface area (Å²) in [6.45, 7) is 0.808. The van der Waals surface area contributed by atoms with Gasteiger partial charge in [-0.05, 0) is 54.1 Å². The highest BCUT2D eigenvalue weighted by Crippen LogP contribution is 2.40. The van der Waals surface area contributed by atoms with Gasteiger partial charge < -0.3 is 9.30 Å². The molecule has 0 bridgehead atoms. The molecule has 0 aliphatic heterocycles. The summed E-state index contributed by atoms with van der Waals surface area (Å²) in [6.07, 6.45) is 3.00. The van der Waals surface area contributed by atoms with E-state index in [1.807, 2.05) is 12.1 Å². The van der Waals surface area contributed by atoms with Crippen LogP contribution in [0.15, 0.2) is 53.6 Å². The molecule has 2 aromatic carbocycles. The molecule has 1 aliphatic carbocycles. The van der Waals surface area contributed by atoms with Gasteiger partial charge >= 0.3 is 0 Å². The fraction of sp³-hybridized carbons (Fsp3) is 0.300. The van der Waals surface area contributed by atoms with Crippen LogP contribution in [0, 0.1) is 0 Å². The van der Waals surface area contributed by atoms with Gasteiger partial charge in [-0.3, -0.25) is 0 Å². The van der Waals surface area contributed by atoms with E-state index < -0.39 is 0 Å². The van der Waals surface area contributed by atoms with Crippen molar-refractivity contribution in [2.45, 2.75) is 31.8 Å². The van der Waals surface area contributed by atoms with E-state index in [4.69, 9.17) is 10.3 Å². The molecule has 1 aromatic heterocycles. The lowest BCUT2D eigenvalue weighted by Gasteiger charge is -2.21. The monoisotopic (exact) mass is 332 g/mol. The lowest BCUT2D eigenvalue weighted by Crippen LogP contribution is -2.11. The summed E-state index contributed by atoms with van der Waals surface area (Å²) in [5.74, 6) is 0.867. The van der Waals surface area contributed by atoms with E-state index in [1.54, 1.807) is 7.11 Å². The number of hydrogen-bond donors (Lipinski definition) is 0. The van der Waals surface area contributed by atoms with Gasteiger partial charge in [-0.1, -0.05) is 35.4 Å². The van der Waals surface area contributed by atoms with E-state index in [2.05, 4.69) is 51.0 Å². The maximum absolute atomic E-state index is 8.95. The second-order valence-corrected chi connectivity index (χ2v) is 6.42. The van der Waals surface area contributed by atoms with Crippen LogP contribution in [0.4, 0.5) is 0 Å². The van der Waals surface area contributed by atoms with Gasteiger partial charge in [0, 0.05) is 28.1 Å². The third-order valence-electron chi connectivity index (χ3n) is 5.04. The zero-order chi connectivity index (χ0) is 17.2. The van der Waals surface area contributed by atoms with Crippen LogP contribution in [-0.2, 0) is 13.0 Å². The van der Waals surface area contributed by atoms with Gasteiger partial charge in [-0.15, -0.1) is 0 Å². The van der Waals surface area contributed by atoms with E-state index in [-0.39, 0.29) is 6.04 Å². The highest BCUT2D eigenvalue weighted by molar-refractivity contribution is 5.86. The maximum Gasteiger partial charge on any atom is 0.118 e. The molecule has 0 amide bonds. The van der Waals surface area contributed by atoms with Gasteiger partial charge in [0.05, 0.1) is 13.2 Å². The minimum atomic E-state index is -0.0595. The molecule has 0 saturated heterocycles. The molecular formula is C20H20N4O. The molecule has 5 nitrogen and oxygen atoms in total. The first-order valence-electron chi connectivity index (χ1n) is 8.59. The topological polar surface area (TPSA) is 62.9 Å². The lowest BCUT2D eigenvalue weighted by atomic mass is 9.91. The molecule has 0 radical (unpaired) electrons. The largest absolute Gasteiger partial charge is 0.497 e. The number of benzene rings is 2. The smallest absolute Gasteiger partial charge is 0.118 e. The van der Waals surface area contributed by atoms with Gasteiger partial charge in [0.15, 0.2) is 0 Å². The van der Waals surface area contributed by atoms with Crippen LogP contribution < -0.4 is 4.74 Å². The summed E-state index contributed by atoms with van der Waals surface area (Å²) in [5.41, 5.74) is 13.9. The van der Waals surface area contributed by atoms with Gasteiger partial charge in [0.2, 0.25) is 0 Å². The van der Waals surface area contributed by atoms with Crippen LogP contribution in [0.25, 0.3) is 21.3 Å². The number of para-hydroxylation sites is 1. The molecule has 0 unspecified atom stereocenters. The first-order chi connectivity index (χ1) is 12.3. The average molecular weight is 332 g/mol. The van der Waals surface area contributed by atoms with Crippen molar-refractivity contribution in [3.05, 3.63) is 75.8 Å². The molecule has 5 heteroatoms. The number of hydrogen-bond acceptors (Lipinski definition) is 2. The Morgan fingerprint density at radius 2 is 2.00 bits per heavy atom. The highest BCUT2D eigenvalue weighted by atomic mass is 16.5. The van der Waals surface area contributed by atoms with Crippen molar-refractivity contribution in [2.75, 3.05) is 7.11 Å². The molecule has 3 aromatic rings. The fourth-order valence-electron chi connectivity index (χ4n) is 3.90. The molecule has 25 heavy (non-hydrogen) atoms. The molecule has 0 saturated carbocycles. The summed E-state index contributed by atoms with van der Waals surface area (Å²) < 4.78 is 7.63. The van der Waals surface area contributed by atoms with Crippen LogP contribution in [0.1, 0.15) is 35.7 Å². The number of methoxy groups -OCH3 is 1. The van der Waals surface area contributed by atoms with E-state index in [0.717, 1.165) is 31.6 Å². The molecular weight excluding hydrogens is 312 g/mol. The minimum Gasteiger partial charge on any atom is -0.497 e. The molecule has 1 heterocycles. The summed E-state index contributed by atoms with van der Waals surface area (Å²) >= 11 is 0. The summed E-state index contributed by atoms with van der Waals surface area (Å²) in [4.78, 5) is 3.08. The van der Waals surface area contributed by atoms with Gasteiger partial charge in [0.25, 0.3) is 0 Å². The number of nitrogens with zero attached hydrogens (tertiary/aromatic N) is 4. The lowest BCUT2D eigenvalue weighted by molar-refractivity contribution is 0.414. The van der Waals surface area contributed by atoms with Crippen molar-refractivity contribution in [1.29, 1.82) is 0 Å². The minimum absolute atomic E-state index is 0.0595. The molecule has 0 spiro atoms. The quantitative estimate of drug-likeness (QED) is 0.359. The van der Waals surface area contributed by atoms with Gasteiger partial charge in [-0.2, -0.15) is 0 Å². The second kappa shape index (κ2) is 6.54. The van der Waals surface area contributed by atoms with Crippen LogP contribution >= 0.6 is 0 Å². The van der Waals surface area contributed by atoms with E-state index in [0.29, 0.717) is 0 Å². The van der Waals surface area contributed by atoms with Crippen LogP contribution in [0.2, 0.25) is 0 Å². The van der Waals surface area contributed by atoms with Crippen molar-refractivity contribution in [3.63, 3.8) is 0 Å². The Morgan fingerprint density at radius 1 is 1.20 bits per heavy atom. The van der Waals surface area contributed by atoms with Gasteiger partial charge in [0.1, 0.15) is 5.75 Å². The Hall–Kier alpha value is -2.91. The number of rotatable bonds is 4. The zero-order valence-electron chi connectivity index (χ0n) is 14.2. The average Bonchev–Trinajstić information content (AvgIpc) is 2.98. The number of aromatic nitrogens is 1. The fourth-order valence-corrected chi connectivity index (χ4v) is 3.90. The number of ether oxygens (including phenoxy) is 1. The van der Waals surface area contributed by atoms with Gasteiger partial charge in [-0.25, -0.2) is 0 Å². The van der Waals surface area contributed by atoms with Crippen molar-refractivity contribution in [2.24, 2.45) is 5.11 Å². The Bertz CT molecular complexity index is 952. The predicted molar refractivity (Wildman–Crippen MR) is 98.9 cm³/mol. The highest BCUT2D eigenvalue weighted by Gasteiger charge is 2.26. The number of fused-ring (bicyclic) bond motifs is 3. The zero-order valence-corrected chi connectivity index (χ0v) is 14.2. The first kappa shape index (κ1) is 15.6. The standard InChI is InChI=1S/C20H20N4O/c1-25-15-11-9-14(10-12-15)13-24-18-7-3-2-5-16(18)20-17(22-23-21)6-4-8-19(20)24/h2-3,5,7,9-12,17H,4,6,8,13H2,1H3/t17-/m1/s1. The van der Waals surface area contributed by atoms with Crippen molar-refractivity contribution in [3.8, 4) is 5.75 Å².